The van der Waals surface area contributed by atoms with Crippen molar-refractivity contribution in [2.45, 2.75) is 51.4 Å². The summed E-state index contributed by atoms with van der Waals surface area (Å²) in [6, 6.07) is 7.11. The third kappa shape index (κ3) is 1.48. The van der Waals surface area contributed by atoms with Crippen molar-refractivity contribution in [1.82, 2.24) is 0 Å². The lowest BCUT2D eigenvalue weighted by Gasteiger charge is -2.45. The molecule has 20 heavy (non-hydrogen) atoms. The maximum Gasteiger partial charge on any atom is -0.00852 e. The SMILES string of the molecule is C1=C2c3c(cccc3CC3CCCC4CCCC2C43)C1. The molecule has 0 bridgehead atoms. The van der Waals surface area contributed by atoms with E-state index in [2.05, 4.69) is 24.3 Å². The first-order valence-corrected chi connectivity index (χ1v) is 8.73. The Balaban J connectivity index is 1.69. The van der Waals surface area contributed by atoms with Crippen molar-refractivity contribution in [1.29, 1.82) is 0 Å². The van der Waals surface area contributed by atoms with Crippen molar-refractivity contribution < 1.29 is 0 Å². The van der Waals surface area contributed by atoms with Crippen LogP contribution in [0.25, 0.3) is 5.57 Å². The summed E-state index contributed by atoms with van der Waals surface area (Å²) in [6.07, 6.45) is 14.2. The van der Waals surface area contributed by atoms with Crippen molar-refractivity contribution in [2.24, 2.45) is 23.7 Å². The Morgan fingerprint density at radius 1 is 0.850 bits per heavy atom. The molecule has 0 N–H and O–H groups in total. The zero-order valence-electron chi connectivity index (χ0n) is 12.3. The van der Waals surface area contributed by atoms with Crippen molar-refractivity contribution in [2.75, 3.05) is 0 Å². The smallest absolute Gasteiger partial charge is 0.00852 e. The van der Waals surface area contributed by atoms with E-state index >= 15 is 0 Å². The average Bonchev–Trinajstić information content (AvgIpc) is 2.86. The summed E-state index contributed by atoms with van der Waals surface area (Å²) in [7, 11) is 0. The first-order valence-electron chi connectivity index (χ1n) is 8.73. The van der Waals surface area contributed by atoms with Gasteiger partial charge < -0.3 is 0 Å². The summed E-state index contributed by atoms with van der Waals surface area (Å²) in [5.41, 5.74) is 6.78. The van der Waals surface area contributed by atoms with E-state index in [0.29, 0.717) is 0 Å². The minimum absolute atomic E-state index is 0.906. The van der Waals surface area contributed by atoms with Gasteiger partial charge in [-0.3, -0.25) is 0 Å². The molecule has 1 aromatic rings. The molecule has 0 saturated heterocycles. The van der Waals surface area contributed by atoms with Gasteiger partial charge in [0.2, 0.25) is 0 Å². The van der Waals surface area contributed by atoms with Crippen LogP contribution in [-0.2, 0) is 12.8 Å². The van der Waals surface area contributed by atoms with Crippen LogP contribution in [0, 0.1) is 23.7 Å². The second kappa shape index (κ2) is 4.23. The predicted octanol–water partition coefficient (Wildman–Crippen LogP) is 5.01. The fourth-order valence-corrected chi connectivity index (χ4v) is 6.10. The van der Waals surface area contributed by atoms with Crippen molar-refractivity contribution in [3.8, 4) is 0 Å². The highest BCUT2D eigenvalue weighted by Gasteiger charge is 2.45. The molecule has 4 aliphatic rings. The van der Waals surface area contributed by atoms with E-state index in [1.165, 1.54) is 51.4 Å². The maximum atomic E-state index is 2.60. The summed E-state index contributed by atoms with van der Waals surface area (Å²) in [5.74, 6) is 3.95. The third-order valence-corrected chi connectivity index (χ3v) is 6.74. The molecule has 4 unspecified atom stereocenters. The van der Waals surface area contributed by atoms with Gasteiger partial charge in [0, 0.05) is 0 Å². The highest BCUT2D eigenvalue weighted by atomic mass is 14.5. The first kappa shape index (κ1) is 11.6. The molecule has 0 amide bonds. The molecule has 4 atom stereocenters. The molecular formula is C20H24. The van der Waals surface area contributed by atoms with E-state index in [-0.39, 0.29) is 0 Å². The standard InChI is InChI=1S/C20H24/c1-4-13-6-3-9-17-18-11-10-14-5-2-8-16(20(14)18)12-15(7-1)19(13)17/h2,5,8,11,13,15,17,19H,1,3-4,6-7,9-10,12H2. The van der Waals surface area contributed by atoms with Crippen LogP contribution in [0.1, 0.15) is 55.2 Å². The largest absolute Gasteiger partial charge is 0.0760 e. The van der Waals surface area contributed by atoms with Gasteiger partial charge in [-0.15, -0.1) is 0 Å². The third-order valence-electron chi connectivity index (χ3n) is 6.74. The number of fused-ring (bicyclic) bond motifs is 1. The predicted molar refractivity (Wildman–Crippen MR) is 83.5 cm³/mol. The van der Waals surface area contributed by atoms with E-state index in [4.69, 9.17) is 0 Å². The van der Waals surface area contributed by atoms with E-state index in [1.54, 1.807) is 22.3 Å². The highest BCUT2D eigenvalue weighted by molar-refractivity contribution is 5.78. The summed E-state index contributed by atoms with van der Waals surface area (Å²) >= 11 is 0. The van der Waals surface area contributed by atoms with Crippen LogP contribution in [0.3, 0.4) is 0 Å². The Morgan fingerprint density at radius 3 is 2.60 bits per heavy atom. The van der Waals surface area contributed by atoms with Crippen LogP contribution in [0.5, 0.6) is 0 Å². The normalized spacial score (nSPS) is 37.7. The first-order chi connectivity index (χ1) is 9.92. The zero-order valence-corrected chi connectivity index (χ0v) is 12.3. The average molecular weight is 264 g/mol. The molecule has 1 aromatic carbocycles. The quantitative estimate of drug-likeness (QED) is 0.617. The fourth-order valence-electron chi connectivity index (χ4n) is 6.10. The van der Waals surface area contributed by atoms with Gasteiger partial charge in [-0.2, -0.15) is 0 Å². The minimum Gasteiger partial charge on any atom is -0.0760 e. The summed E-state index contributed by atoms with van der Waals surface area (Å²) in [4.78, 5) is 0. The maximum absolute atomic E-state index is 2.60. The van der Waals surface area contributed by atoms with Crippen molar-refractivity contribution >= 4 is 5.57 Å². The highest BCUT2D eigenvalue weighted by Crippen LogP contribution is 2.55. The van der Waals surface area contributed by atoms with Crippen LogP contribution in [-0.4, -0.2) is 0 Å². The Labute approximate surface area is 122 Å². The number of hydrogen-bond donors (Lipinski definition) is 0. The Bertz CT molecular complexity index is 578. The molecular weight excluding hydrogens is 240 g/mol. The second-order valence-corrected chi connectivity index (χ2v) is 7.58. The number of hydrogen-bond acceptors (Lipinski definition) is 0. The van der Waals surface area contributed by atoms with E-state index in [9.17, 15) is 0 Å². The van der Waals surface area contributed by atoms with Gasteiger partial charge in [-0.05, 0) is 71.6 Å². The Hall–Kier alpha value is -1.04. The van der Waals surface area contributed by atoms with E-state index < -0.39 is 0 Å². The monoisotopic (exact) mass is 264 g/mol. The lowest BCUT2D eigenvalue weighted by atomic mass is 9.59. The zero-order chi connectivity index (χ0) is 13.1. The molecule has 5 rings (SSSR count). The number of rotatable bonds is 0. The molecule has 4 aliphatic carbocycles. The van der Waals surface area contributed by atoms with Crippen LogP contribution >= 0.6 is 0 Å². The summed E-state index contributed by atoms with van der Waals surface area (Å²) in [5, 5.41) is 0. The number of benzene rings is 1. The van der Waals surface area contributed by atoms with Crippen molar-refractivity contribution in [3.05, 3.63) is 41.0 Å². The van der Waals surface area contributed by atoms with E-state index in [1.807, 2.05) is 0 Å². The lowest BCUT2D eigenvalue weighted by molar-refractivity contribution is 0.0754. The molecule has 0 aliphatic heterocycles. The fraction of sp³-hybridized carbons (Fsp3) is 0.600. The molecule has 0 radical (unpaired) electrons. The van der Waals surface area contributed by atoms with Crippen LogP contribution in [0.4, 0.5) is 0 Å². The van der Waals surface area contributed by atoms with Gasteiger partial charge in [0.15, 0.2) is 0 Å². The summed E-state index contributed by atoms with van der Waals surface area (Å²) < 4.78 is 0. The molecule has 2 saturated carbocycles. The molecule has 0 heteroatoms. The number of allylic oxidation sites excluding steroid dienone is 2. The summed E-state index contributed by atoms with van der Waals surface area (Å²) in [6.45, 7) is 0. The van der Waals surface area contributed by atoms with Crippen LogP contribution in [0.15, 0.2) is 24.3 Å². The molecule has 104 valence electrons. The topological polar surface area (TPSA) is 0 Å². The molecule has 0 nitrogen and oxygen atoms in total. The van der Waals surface area contributed by atoms with Gasteiger partial charge in [0.1, 0.15) is 0 Å². The van der Waals surface area contributed by atoms with Gasteiger partial charge in [0.05, 0.1) is 0 Å². The lowest BCUT2D eigenvalue weighted by Crippen LogP contribution is -2.37. The van der Waals surface area contributed by atoms with Crippen LogP contribution in [0.2, 0.25) is 0 Å². The molecule has 2 fully saturated rings. The van der Waals surface area contributed by atoms with Crippen LogP contribution < -0.4 is 0 Å². The van der Waals surface area contributed by atoms with Gasteiger partial charge in [-0.1, -0.05) is 50.0 Å². The second-order valence-electron chi connectivity index (χ2n) is 7.58. The van der Waals surface area contributed by atoms with E-state index in [0.717, 1.165) is 23.7 Å². The molecule has 0 heterocycles. The van der Waals surface area contributed by atoms with Gasteiger partial charge in [-0.25, -0.2) is 0 Å². The minimum atomic E-state index is 0.906. The molecule has 0 aromatic heterocycles. The van der Waals surface area contributed by atoms with Gasteiger partial charge in [0.25, 0.3) is 0 Å². The Morgan fingerprint density at radius 2 is 1.65 bits per heavy atom. The van der Waals surface area contributed by atoms with Gasteiger partial charge >= 0.3 is 0 Å². The Kier molecular flexibility index (Phi) is 2.45. The van der Waals surface area contributed by atoms with Crippen molar-refractivity contribution in [3.63, 3.8) is 0 Å². The molecule has 0 spiro atoms.